The molecule has 23 heavy (non-hydrogen) atoms. The molecule has 0 aliphatic heterocycles. The molecule has 0 aliphatic rings. The van der Waals surface area contributed by atoms with E-state index in [0.29, 0.717) is 5.75 Å². The zero-order valence-electron chi connectivity index (χ0n) is 14.8. The van der Waals surface area contributed by atoms with Crippen LogP contribution in [0.1, 0.15) is 41.5 Å². The third kappa shape index (κ3) is 6.36. The quantitative estimate of drug-likeness (QED) is 0.594. The van der Waals surface area contributed by atoms with Crippen LogP contribution in [-0.4, -0.2) is 24.3 Å². The van der Waals surface area contributed by atoms with Crippen LogP contribution in [0.15, 0.2) is 30.3 Å². The van der Waals surface area contributed by atoms with Gasteiger partial charge in [0.1, 0.15) is 12.4 Å². The van der Waals surface area contributed by atoms with Crippen molar-refractivity contribution in [2.75, 3.05) is 6.61 Å². The van der Waals surface area contributed by atoms with Crippen molar-refractivity contribution in [1.29, 1.82) is 0 Å². The van der Waals surface area contributed by atoms with E-state index in [9.17, 15) is 9.36 Å². The SMILES string of the molecule is CC(C)P(=O)(N[C@@H](C)COC(=O)C(C)(C)C)Oc1ccccc1. The molecule has 0 aromatic heterocycles. The van der Waals surface area contributed by atoms with Crippen molar-refractivity contribution in [2.45, 2.75) is 53.2 Å². The van der Waals surface area contributed by atoms with E-state index in [1.54, 1.807) is 32.9 Å². The summed E-state index contributed by atoms with van der Waals surface area (Å²) < 4.78 is 24.0. The number of hydrogen-bond acceptors (Lipinski definition) is 4. The summed E-state index contributed by atoms with van der Waals surface area (Å²) in [5.41, 5.74) is -0.759. The first-order valence-corrected chi connectivity index (χ1v) is 9.53. The number of ether oxygens (including phenoxy) is 1. The lowest BCUT2D eigenvalue weighted by Gasteiger charge is -2.27. The number of rotatable bonds is 7. The molecule has 1 aromatic rings. The second-order valence-electron chi connectivity index (χ2n) is 6.97. The third-order valence-corrected chi connectivity index (χ3v) is 5.78. The molecule has 0 saturated heterocycles. The van der Waals surface area contributed by atoms with Crippen LogP contribution in [0.4, 0.5) is 0 Å². The van der Waals surface area contributed by atoms with Crippen LogP contribution < -0.4 is 9.61 Å². The molecule has 130 valence electrons. The van der Waals surface area contributed by atoms with Gasteiger partial charge in [0.15, 0.2) is 0 Å². The second kappa shape index (κ2) is 7.98. The minimum atomic E-state index is -3.11. The monoisotopic (exact) mass is 341 g/mol. The van der Waals surface area contributed by atoms with Gasteiger partial charge in [0.2, 0.25) is 0 Å². The molecule has 5 nitrogen and oxygen atoms in total. The first-order chi connectivity index (χ1) is 10.5. The average Bonchev–Trinajstić information content (AvgIpc) is 2.44. The Labute approximate surface area is 139 Å². The summed E-state index contributed by atoms with van der Waals surface area (Å²) in [5, 5.41) is 3.00. The molecule has 1 aromatic carbocycles. The summed E-state index contributed by atoms with van der Waals surface area (Å²) in [6.07, 6.45) is 0. The first-order valence-electron chi connectivity index (χ1n) is 7.84. The Bertz CT molecular complexity index is 551. The molecule has 0 saturated carbocycles. The van der Waals surface area contributed by atoms with E-state index in [-0.39, 0.29) is 24.3 Å². The summed E-state index contributed by atoms with van der Waals surface area (Å²) >= 11 is 0. The van der Waals surface area contributed by atoms with E-state index in [0.717, 1.165) is 0 Å². The first kappa shape index (κ1) is 19.7. The van der Waals surface area contributed by atoms with Crippen LogP contribution in [0.2, 0.25) is 0 Å². The molecule has 0 amide bonds. The van der Waals surface area contributed by atoms with Gasteiger partial charge in [-0.2, -0.15) is 0 Å². The zero-order chi connectivity index (χ0) is 17.7. The summed E-state index contributed by atoms with van der Waals surface area (Å²) in [4.78, 5) is 11.8. The lowest BCUT2D eigenvalue weighted by Crippen LogP contribution is -2.35. The van der Waals surface area contributed by atoms with Gasteiger partial charge in [0.25, 0.3) is 0 Å². The normalized spacial score (nSPS) is 15.8. The van der Waals surface area contributed by atoms with Crippen LogP contribution in [0.25, 0.3) is 0 Å². The number of nitrogens with one attached hydrogen (secondary N) is 1. The Hall–Kier alpha value is -1.32. The fourth-order valence-corrected chi connectivity index (χ4v) is 3.37. The van der Waals surface area contributed by atoms with Gasteiger partial charge in [-0.1, -0.05) is 32.0 Å². The molecule has 0 aliphatic carbocycles. The van der Waals surface area contributed by atoms with Gasteiger partial charge in [-0.25, -0.2) is 5.09 Å². The van der Waals surface area contributed by atoms with E-state index in [1.807, 2.05) is 39.0 Å². The van der Waals surface area contributed by atoms with Crippen LogP contribution in [0.3, 0.4) is 0 Å². The largest absolute Gasteiger partial charge is 0.464 e. The van der Waals surface area contributed by atoms with Crippen LogP contribution in [-0.2, 0) is 14.1 Å². The van der Waals surface area contributed by atoms with Gasteiger partial charge in [-0.3, -0.25) is 9.36 Å². The lowest BCUT2D eigenvalue weighted by molar-refractivity contribution is -0.153. The number of para-hydroxylation sites is 1. The molecule has 0 spiro atoms. The van der Waals surface area contributed by atoms with Crippen LogP contribution in [0.5, 0.6) is 5.75 Å². The van der Waals surface area contributed by atoms with E-state index < -0.39 is 12.9 Å². The number of hydrogen-bond donors (Lipinski definition) is 1. The number of esters is 1. The van der Waals surface area contributed by atoms with Crippen molar-refractivity contribution >= 4 is 13.5 Å². The molecule has 2 atom stereocenters. The molecule has 0 radical (unpaired) electrons. The number of carbonyl (C=O) groups is 1. The predicted octanol–water partition coefficient (Wildman–Crippen LogP) is 4.23. The van der Waals surface area contributed by atoms with Crippen LogP contribution >= 0.6 is 7.52 Å². The fraction of sp³-hybridized carbons (Fsp3) is 0.588. The van der Waals surface area contributed by atoms with Gasteiger partial charge in [-0.15, -0.1) is 0 Å². The molecule has 1 N–H and O–H groups in total. The molecular weight excluding hydrogens is 313 g/mol. The van der Waals surface area contributed by atoms with E-state index >= 15 is 0 Å². The van der Waals surface area contributed by atoms with Crippen molar-refractivity contribution < 1.29 is 18.6 Å². The van der Waals surface area contributed by atoms with E-state index in [4.69, 9.17) is 9.26 Å². The average molecular weight is 341 g/mol. The molecule has 0 heterocycles. The summed E-state index contributed by atoms with van der Waals surface area (Å²) in [6, 6.07) is 8.78. The predicted molar refractivity (Wildman–Crippen MR) is 92.8 cm³/mol. The Morgan fingerprint density at radius 1 is 1.17 bits per heavy atom. The molecule has 0 fully saturated rings. The summed E-state index contributed by atoms with van der Waals surface area (Å²) in [7, 11) is -3.11. The molecule has 6 heteroatoms. The van der Waals surface area contributed by atoms with E-state index in [2.05, 4.69) is 5.09 Å². The molecular formula is C17H28NO4P. The number of benzene rings is 1. The van der Waals surface area contributed by atoms with Crippen molar-refractivity contribution in [2.24, 2.45) is 5.41 Å². The van der Waals surface area contributed by atoms with Crippen molar-refractivity contribution in [3.8, 4) is 5.75 Å². The van der Waals surface area contributed by atoms with Crippen molar-refractivity contribution in [1.82, 2.24) is 5.09 Å². The van der Waals surface area contributed by atoms with Crippen molar-refractivity contribution in [3.05, 3.63) is 30.3 Å². The Morgan fingerprint density at radius 2 is 1.74 bits per heavy atom. The standard InChI is InChI=1S/C17H28NO4P/c1-13(2)23(20,22-15-10-8-7-9-11-15)18-14(3)12-21-16(19)17(4,5)6/h7-11,13-14H,12H2,1-6H3,(H,18,20)/t14-,23?/m0/s1. The minimum Gasteiger partial charge on any atom is -0.464 e. The van der Waals surface area contributed by atoms with Gasteiger partial charge in [0, 0.05) is 6.04 Å². The summed E-state index contributed by atoms with van der Waals surface area (Å²) in [6.45, 7) is 11.0. The third-order valence-electron chi connectivity index (χ3n) is 3.14. The highest BCUT2D eigenvalue weighted by atomic mass is 31.2. The molecule has 1 rings (SSSR count). The van der Waals surface area contributed by atoms with Gasteiger partial charge >= 0.3 is 13.5 Å². The second-order valence-corrected chi connectivity index (χ2v) is 9.64. The molecule has 1 unspecified atom stereocenters. The number of carbonyl (C=O) groups excluding carboxylic acids is 1. The van der Waals surface area contributed by atoms with Gasteiger partial charge in [-0.05, 0) is 39.8 Å². The maximum absolute atomic E-state index is 13.1. The minimum absolute atomic E-state index is 0.144. The maximum Gasteiger partial charge on any atom is 0.319 e. The smallest absolute Gasteiger partial charge is 0.319 e. The highest BCUT2D eigenvalue weighted by Crippen LogP contribution is 2.48. The maximum atomic E-state index is 13.1. The summed E-state index contributed by atoms with van der Waals surface area (Å²) in [5.74, 6) is 0.269. The van der Waals surface area contributed by atoms with Crippen LogP contribution in [0, 0.1) is 5.41 Å². The topological polar surface area (TPSA) is 64.6 Å². The Morgan fingerprint density at radius 3 is 2.22 bits per heavy atom. The Kier molecular flexibility index (Phi) is 6.84. The molecule has 0 bridgehead atoms. The van der Waals surface area contributed by atoms with Gasteiger partial charge in [0.05, 0.1) is 11.1 Å². The highest BCUT2D eigenvalue weighted by molar-refractivity contribution is 7.58. The zero-order valence-corrected chi connectivity index (χ0v) is 15.7. The van der Waals surface area contributed by atoms with Gasteiger partial charge < -0.3 is 9.26 Å². The van der Waals surface area contributed by atoms with E-state index in [1.165, 1.54) is 0 Å². The van der Waals surface area contributed by atoms with Crippen molar-refractivity contribution in [3.63, 3.8) is 0 Å². The lowest BCUT2D eigenvalue weighted by atomic mass is 9.97. The fourth-order valence-electron chi connectivity index (χ4n) is 1.68. The highest BCUT2D eigenvalue weighted by Gasteiger charge is 2.32. The Balaban J connectivity index is 2.68.